The van der Waals surface area contributed by atoms with Gasteiger partial charge in [-0.3, -0.25) is 10.2 Å². The summed E-state index contributed by atoms with van der Waals surface area (Å²) >= 11 is 6.48. The molecule has 3 aromatic rings. The third-order valence-electron chi connectivity index (χ3n) is 6.34. The third kappa shape index (κ3) is 5.19. The number of aromatic nitrogens is 2. The standard InChI is InChI=1S/C25H23ClF3N5O4/c26-19-9-20-23(32-22(19)14-2-1-3-15(8-14)25(27,28)29)34(16-6-7-33(20)11-16)24(37)31-21-5-4-18(10-30-21)38-13-17(36)12-35/h1-5,8-10,16-17,35-36H,6-7,11-13H2,(H,30,31,37)/t16-,17?/m0/s1. The van der Waals surface area contributed by atoms with Crippen LogP contribution in [0.3, 0.4) is 0 Å². The molecule has 1 aromatic carbocycles. The maximum absolute atomic E-state index is 13.4. The van der Waals surface area contributed by atoms with Gasteiger partial charge in [0.2, 0.25) is 0 Å². The van der Waals surface area contributed by atoms with Crippen LogP contribution in [0.5, 0.6) is 5.75 Å². The van der Waals surface area contributed by atoms with Crippen molar-refractivity contribution in [3.8, 4) is 17.0 Å². The molecule has 2 aromatic heterocycles. The summed E-state index contributed by atoms with van der Waals surface area (Å²) in [5, 5.41) is 21.2. The minimum Gasteiger partial charge on any atom is -0.489 e. The van der Waals surface area contributed by atoms with Crippen LogP contribution in [0.25, 0.3) is 11.3 Å². The van der Waals surface area contributed by atoms with Crippen molar-refractivity contribution in [1.82, 2.24) is 9.97 Å². The largest absolute Gasteiger partial charge is 0.489 e. The van der Waals surface area contributed by atoms with Gasteiger partial charge in [0.25, 0.3) is 0 Å². The number of hydrogen-bond acceptors (Lipinski definition) is 7. The second-order valence-electron chi connectivity index (χ2n) is 8.96. The van der Waals surface area contributed by atoms with Crippen molar-refractivity contribution in [3.63, 3.8) is 0 Å². The van der Waals surface area contributed by atoms with E-state index >= 15 is 0 Å². The lowest BCUT2D eigenvalue weighted by Gasteiger charge is -2.36. The van der Waals surface area contributed by atoms with Crippen LogP contribution in [0.15, 0.2) is 48.7 Å². The quantitative estimate of drug-likeness (QED) is 0.423. The van der Waals surface area contributed by atoms with Gasteiger partial charge >= 0.3 is 12.2 Å². The highest BCUT2D eigenvalue weighted by molar-refractivity contribution is 6.33. The van der Waals surface area contributed by atoms with Crippen LogP contribution in [0.2, 0.25) is 5.02 Å². The third-order valence-corrected chi connectivity index (χ3v) is 6.63. The lowest BCUT2D eigenvalue weighted by atomic mass is 10.1. The van der Waals surface area contributed by atoms with E-state index in [4.69, 9.17) is 21.4 Å². The molecule has 2 amide bonds. The first-order valence-electron chi connectivity index (χ1n) is 11.7. The molecule has 0 radical (unpaired) electrons. The molecule has 9 nitrogen and oxygen atoms in total. The highest BCUT2D eigenvalue weighted by Crippen LogP contribution is 2.43. The fourth-order valence-corrected chi connectivity index (χ4v) is 4.74. The maximum atomic E-state index is 13.4. The second-order valence-corrected chi connectivity index (χ2v) is 9.36. The number of anilines is 3. The molecule has 0 spiro atoms. The molecule has 0 aliphatic carbocycles. The van der Waals surface area contributed by atoms with Gasteiger partial charge in [0.15, 0.2) is 5.82 Å². The van der Waals surface area contributed by atoms with E-state index in [2.05, 4.69) is 15.3 Å². The summed E-state index contributed by atoms with van der Waals surface area (Å²) < 4.78 is 45.2. The fraction of sp³-hybridized carbons (Fsp3) is 0.320. The van der Waals surface area contributed by atoms with Gasteiger partial charge < -0.3 is 19.8 Å². The van der Waals surface area contributed by atoms with Gasteiger partial charge in [0.05, 0.1) is 40.8 Å². The number of alkyl halides is 3. The maximum Gasteiger partial charge on any atom is 0.416 e. The number of urea groups is 1. The zero-order valence-electron chi connectivity index (χ0n) is 19.8. The lowest BCUT2D eigenvalue weighted by molar-refractivity contribution is -0.137. The van der Waals surface area contributed by atoms with Crippen LogP contribution in [-0.2, 0) is 6.18 Å². The van der Waals surface area contributed by atoms with Crippen molar-refractivity contribution in [1.29, 1.82) is 0 Å². The van der Waals surface area contributed by atoms with E-state index in [1.807, 2.05) is 4.90 Å². The van der Waals surface area contributed by atoms with Gasteiger partial charge in [-0.1, -0.05) is 23.7 Å². The molecule has 200 valence electrons. The molecule has 2 atom stereocenters. The Morgan fingerprint density at radius 3 is 2.79 bits per heavy atom. The minimum absolute atomic E-state index is 0.116. The van der Waals surface area contributed by atoms with Gasteiger partial charge in [0.1, 0.15) is 24.3 Å². The van der Waals surface area contributed by atoms with Gasteiger partial charge in [0, 0.05) is 18.7 Å². The van der Waals surface area contributed by atoms with Crippen molar-refractivity contribution >= 4 is 35.0 Å². The number of pyridine rings is 2. The van der Waals surface area contributed by atoms with E-state index in [9.17, 15) is 23.1 Å². The molecule has 1 saturated heterocycles. The summed E-state index contributed by atoms with van der Waals surface area (Å²) in [5.41, 5.74) is 0.119. The number of halogens is 4. The van der Waals surface area contributed by atoms with Gasteiger partial charge in [-0.05, 0) is 36.8 Å². The number of benzene rings is 1. The SMILES string of the molecule is O=C(Nc1ccc(OCC(O)CO)cn1)N1c2nc(-c3cccc(C(F)(F)F)c3)c(Cl)cc2N2CC[C@H]1C2. The molecule has 0 saturated carbocycles. The predicted molar refractivity (Wildman–Crippen MR) is 135 cm³/mol. The Morgan fingerprint density at radius 2 is 2.08 bits per heavy atom. The zero-order valence-corrected chi connectivity index (χ0v) is 20.6. The summed E-state index contributed by atoms with van der Waals surface area (Å²) in [5.74, 6) is 0.873. The number of amides is 2. The number of aliphatic hydroxyl groups is 2. The van der Waals surface area contributed by atoms with Crippen molar-refractivity contribution in [2.75, 3.05) is 41.4 Å². The molecule has 2 aliphatic rings. The second kappa shape index (κ2) is 10.3. The normalized spacial score (nSPS) is 17.3. The molecule has 5 rings (SSSR count). The highest BCUT2D eigenvalue weighted by Gasteiger charge is 2.41. The van der Waals surface area contributed by atoms with E-state index < -0.39 is 30.5 Å². The Labute approximate surface area is 220 Å². The molecule has 2 aliphatic heterocycles. The van der Waals surface area contributed by atoms with Crippen LogP contribution >= 0.6 is 11.6 Å². The number of rotatable bonds is 6. The topological polar surface area (TPSA) is 111 Å². The van der Waals surface area contributed by atoms with E-state index in [0.717, 1.165) is 12.1 Å². The Morgan fingerprint density at radius 1 is 1.26 bits per heavy atom. The van der Waals surface area contributed by atoms with Crippen LogP contribution in [0, 0.1) is 0 Å². The number of aliphatic hydroxyl groups excluding tert-OH is 2. The van der Waals surface area contributed by atoms with Crippen LogP contribution in [0.4, 0.5) is 35.3 Å². The highest BCUT2D eigenvalue weighted by atomic mass is 35.5. The number of carbonyl (C=O) groups excluding carboxylic acids is 1. The Balaban J connectivity index is 1.43. The summed E-state index contributed by atoms with van der Waals surface area (Å²) in [4.78, 5) is 25.7. The summed E-state index contributed by atoms with van der Waals surface area (Å²) in [6.45, 7) is 0.683. The monoisotopic (exact) mass is 549 g/mol. The Hall–Kier alpha value is -3.61. The van der Waals surface area contributed by atoms with Crippen molar-refractivity contribution < 1.29 is 32.9 Å². The van der Waals surface area contributed by atoms with Gasteiger partial charge in [-0.15, -0.1) is 0 Å². The van der Waals surface area contributed by atoms with Gasteiger partial charge in [-0.2, -0.15) is 13.2 Å². The van der Waals surface area contributed by atoms with E-state index in [0.29, 0.717) is 36.8 Å². The van der Waals surface area contributed by atoms with Crippen LogP contribution in [-0.4, -0.2) is 64.7 Å². The number of carbonyl (C=O) groups is 1. The predicted octanol–water partition coefficient (Wildman–Crippen LogP) is 4.18. The van der Waals surface area contributed by atoms with E-state index in [1.165, 1.54) is 29.3 Å². The molecule has 38 heavy (non-hydrogen) atoms. The molecular formula is C25H23ClF3N5O4. The minimum atomic E-state index is -4.53. The van der Waals surface area contributed by atoms with Crippen molar-refractivity contribution in [2.45, 2.75) is 24.7 Å². The molecule has 13 heteroatoms. The summed E-state index contributed by atoms with van der Waals surface area (Å²) in [7, 11) is 0. The Bertz CT molecular complexity index is 1340. The molecule has 3 N–H and O–H groups in total. The number of hydrogen-bond donors (Lipinski definition) is 3. The van der Waals surface area contributed by atoms with E-state index in [-0.39, 0.29) is 34.7 Å². The average Bonchev–Trinajstić information content (AvgIpc) is 3.32. The van der Waals surface area contributed by atoms with Gasteiger partial charge in [-0.25, -0.2) is 14.8 Å². The molecular weight excluding hydrogens is 527 g/mol. The first-order valence-corrected chi connectivity index (χ1v) is 12.1. The zero-order chi connectivity index (χ0) is 27.0. The van der Waals surface area contributed by atoms with Crippen LogP contribution < -0.4 is 19.9 Å². The summed E-state index contributed by atoms with van der Waals surface area (Å²) in [6.07, 6.45) is -3.51. The molecule has 2 bridgehead atoms. The lowest BCUT2D eigenvalue weighted by Crippen LogP contribution is -2.48. The smallest absolute Gasteiger partial charge is 0.416 e. The molecule has 4 heterocycles. The number of nitrogens with one attached hydrogen (secondary N) is 1. The number of fused-ring (bicyclic) bond motifs is 4. The first kappa shape index (κ1) is 26.0. The fourth-order valence-electron chi connectivity index (χ4n) is 4.49. The first-order chi connectivity index (χ1) is 18.1. The average molecular weight is 550 g/mol. The molecule has 1 fully saturated rings. The van der Waals surface area contributed by atoms with E-state index in [1.54, 1.807) is 12.1 Å². The van der Waals surface area contributed by atoms with Crippen molar-refractivity contribution in [3.05, 3.63) is 59.2 Å². The van der Waals surface area contributed by atoms with Crippen molar-refractivity contribution in [2.24, 2.45) is 0 Å². The summed E-state index contributed by atoms with van der Waals surface area (Å²) in [6, 6.07) is 8.74. The Kier molecular flexibility index (Phi) is 7.03. The molecule has 1 unspecified atom stereocenters. The van der Waals surface area contributed by atoms with Crippen LogP contribution in [0.1, 0.15) is 12.0 Å². The number of nitrogens with zero attached hydrogens (tertiary/aromatic N) is 4. The number of ether oxygens (including phenoxy) is 1.